The molecule has 20 heavy (non-hydrogen) atoms. The third-order valence-electron chi connectivity index (χ3n) is 3.11. The molecule has 0 atom stereocenters. The Hall–Kier alpha value is -1.61. The highest BCUT2D eigenvalue weighted by atomic mass is 35.5. The van der Waals surface area contributed by atoms with Crippen LogP contribution in [0, 0.1) is 20.8 Å². The van der Waals surface area contributed by atoms with Crippen LogP contribution in [0.2, 0.25) is 5.15 Å². The van der Waals surface area contributed by atoms with Gasteiger partial charge >= 0.3 is 0 Å². The molecule has 0 radical (unpaired) electrons. The zero-order valence-corrected chi connectivity index (χ0v) is 13.1. The molecule has 106 valence electrons. The van der Waals surface area contributed by atoms with Crippen molar-refractivity contribution in [3.8, 4) is 11.6 Å². The number of aromatic nitrogens is 2. The molecule has 0 N–H and O–H groups in total. The van der Waals surface area contributed by atoms with Gasteiger partial charge in [0.25, 0.3) is 0 Å². The van der Waals surface area contributed by atoms with Crippen LogP contribution in [0.25, 0.3) is 0 Å². The van der Waals surface area contributed by atoms with Crippen LogP contribution >= 0.6 is 11.6 Å². The molecule has 0 aliphatic carbocycles. The van der Waals surface area contributed by atoms with Crippen molar-refractivity contribution >= 4 is 11.6 Å². The molecular formula is C16H19ClN2O. The maximum absolute atomic E-state index is 6.16. The first kappa shape index (κ1) is 14.8. The fourth-order valence-electron chi connectivity index (χ4n) is 1.87. The molecule has 0 aliphatic heterocycles. The average molecular weight is 291 g/mol. The first-order valence-electron chi connectivity index (χ1n) is 6.79. The van der Waals surface area contributed by atoms with Crippen LogP contribution in [0.3, 0.4) is 0 Å². The van der Waals surface area contributed by atoms with E-state index in [-0.39, 0.29) is 0 Å². The molecule has 0 unspecified atom stereocenters. The van der Waals surface area contributed by atoms with E-state index in [2.05, 4.69) is 23.0 Å². The van der Waals surface area contributed by atoms with E-state index in [1.54, 1.807) is 0 Å². The molecule has 0 amide bonds. The summed E-state index contributed by atoms with van der Waals surface area (Å²) in [5.41, 5.74) is 2.99. The Morgan fingerprint density at radius 1 is 1.15 bits per heavy atom. The maximum atomic E-state index is 6.16. The summed E-state index contributed by atoms with van der Waals surface area (Å²) in [7, 11) is 0. The fraction of sp³-hybridized carbons (Fsp3) is 0.375. The Morgan fingerprint density at radius 2 is 1.90 bits per heavy atom. The van der Waals surface area contributed by atoms with Gasteiger partial charge in [0, 0.05) is 12.0 Å². The standard InChI is InChI=1S/C16H19ClN2O/c1-5-6-14-18-15(17)12(4)16(19-14)20-13-9-10(2)7-8-11(13)3/h7-9H,5-6H2,1-4H3. The van der Waals surface area contributed by atoms with E-state index in [9.17, 15) is 0 Å². The summed E-state index contributed by atoms with van der Waals surface area (Å²) < 4.78 is 5.95. The average Bonchev–Trinajstić information content (AvgIpc) is 2.40. The first-order valence-corrected chi connectivity index (χ1v) is 7.17. The second kappa shape index (κ2) is 6.23. The highest BCUT2D eigenvalue weighted by molar-refractivity contribution is 6.30. The zero-order valence-electron chi connectivity index (χ0n) is 12.3. The molecule has 4 heteroatoms. The number of nitrogens with zero attached hydrogens (tertiary/aromatic N) is 2. The lowest BCUT2D eigenvalue weighted by Crippen LogP contribution is -2.01. The largest absolute Gasteiger partial charge is 0.438 e. The van der Waals surface area contributed by atoms with Gasteiger partial charge in [-0.15, -0.1) is 0 Å². The second-order valence-electron chi connectivity index (χ2n) is 4.98. The Balaban J connectivity index is 2.39. The van der Waals surface area contributed by atoms with Crippen LogP contribution in [0.4, 0.5) is 0 Å². The highest BCUT2D eigenvalue weighted by Crippen LogP contribution is 2.29. The van der Waals surface area contributed by atoms with Crippen molar-refractivity contribution in [2.45, 2.75) is 40.5 Å². The first-order chi connectivity index (χ1) is 9.51. The minimum absolute atomic E-state index is 0.462. The van der Waals surface area contributed by atoms with E-state index in [1.165, 1.54) is 0 Å². The van der Waals surface area contributed by atoms with Crippen LogP contribution in [0.5, 0.6) is 11.6 Å². The molecule has 1 heterocycles. The number of rotatable bonds is 4. The van der Waals surface area contributed by atoms with E-state index >= 15 is 0 Å². The Bertz CT molecular complexity index is 626. The fourth-order valence-corrected chi connectivity index (χ4v) is 2.05. The molecule has 3 nitrogen and oxygen atoms in total. The molecule has 0 spiro atoms. The molecule has 0 saturated carbocycles. The van der Waals surface area contributed by atoms with E-state index in [4.69, 9.17) is 16.3 Å². The summed E-state index contributed by atoms with van der Waals surface area (Å²) in [6, 6.07) is 6.10. The summed E-state index contributed by atoms with van der Waals surface area (Å²) in [6.07, 6.45) is 1.77. The van der Waals surface area contributed by atoms with Gasteiger partial charge in [0.05, 0.1) is 0 Å². The Labute approximate surface area is 125 Å². The lowest BCUT2D eigenvalue weighted by atomic mass is 10.1. The van der Waals surface area contributed by atoms with Crippen molar-refractivity contribution in [3.63, 3.8) is 0 Å². The highest BCUT2D eigenvalue weighted by Gasteiger charge is 2.12. The molecular weight excluding hydrogens is 272 g/mol. The van der Waals surface area contributed by atoms with Crippen molar-refractivity contribution in [3.05, 3.63) is 45.9 Å². The molecule has 1 aromatic heterocycles. The van der Waals surface area contributed by atoms with Gasteiger partial charge in [-0.25, -0.2) is 4.98 Å². The van der Waals surface area contributed by atoms with Crippen LogP contribution in [0.1, 0.15) is 35.9 Å². The van der Waals surface area contributed by atoms with E-state index in [0.29, 0.717) is 11.0 Å². The summed E-state index contributed by atoms with van der Waals surface area (Å²) in [5.74, 6) is 2.08. The smallest absolute Gasteiger partial charge is 0.227 e. The van der Waals surface area contributed by atoms with Gasteiger partial charge in [0.2, 0.25) is 5.88 Å². The lowest BCUT2D eigenvalue weighted by molar-refractivity contribution is 0.450. The Morgan fingerprint density at radius 3 is 2.60 bits per heavy atom. The van der Waals surface area contributed by atoms with Gasteiger partial charge in [0.15, 0.2) is 0 Å². The second-order valence-corrected chi connectivity index (χ2v) is 5.34. The molecule has 0 saturated heterocycles. The number of aryl methyl sites for hydroxylation is 3. The van der Waals surface area contributed by atoms with Gasteiger partial charge in [-0.05, 0) is 44.4 Å². The molecule has 2 aromatic rings. The normalized spacial score (nSPS) is 10.7. The predicted molar refractivity (Wildman–Crippen MR) is 81.8 cm³/mol. The van der Waals surface area contributed by atoms with Crippen molar-refractivity contribution in [2.24, 2.45) is 0 Å². The maximum Gasteiger partial charge on any atom is 0.227 e. The van der Waals surface area contributed by atoms with Gasteiger partial charge in [-0.1, -0.05) is 30.7 Å². The van der Waals surface area contributed by atoms with E-state index < -0.39 is 0 Å². The van der Waals surface area contributed by atoms with Crippen molar-refractivity contribution in [2.75, 3.05) is 0 Å². The SMILES string of the molecule is CCCc1nc(Cl)c(C)c(Oc2cc(C)ccc2C)n1. The van der Waals surface area contributed by atoms with Crippen LogP contribution in [-0.2, 0) is 6.42 Å². The van der Waals surface area contributed by atoms with Gasteiger partial charge in [-0.3, -0.25) is 0 Å². The van der Waals surface area contributed by atoms with Crippen LogP contribution in [0.15, 0.2) is 18.2 Å². The van der Waals surface area contributed by atoms with E-state index in [0.717, 1.165) is 41.1 Å². The number of ether oxygens (including phenoxy) is 1. The van der Waals surface area contributed by atoms with Gasteiger partial charge < -0.3 is 4.74 Å². The van der Waals surface area contributed by atoms with Gasteiger partial charge in [0.1, 0.15) is 16.7 Å². The third-order valence-corrected chi connectivity index (χ3v) is 3.48. The van der Waals surface area contributed by atoms with Crippen LogP contribution < -0.4 is 4.74 Å². The van der Waals surface area contributed by atoms with E-state index in [1.807, 2.05) is 32.9 Å². The lowest BCUT2D eigenvalue weighted by Gasteiger charge is -2.12. The van der Waals surface area contributed by atoms with Gasteiger partial charge in [-0.2, -0.15) is 4.98 Å². The predicted octanol–water partition coefficient (Wildman–Crippen LogP) is 4.80. The minimum Gasteiger partial charge on any atom is -0.438 e. The van der Waals surface area contributed by atoms with Crippen molar-refractivity contribution in [1.82, 2.24) is 9.97 Å². The number of benzene rings is 1. The summed E-state index contributed by atoms with van der Waals surface area (Å²) in [5, 5.41) is 0.462. The summed E-state index contributed by atoms with van der Waals surface area (Å²) in [4.78, 5) is 8.75. The van der Waals surface area contributed by atoms with Crippen molar-refractivity contribution in [1.29, 1.82) is 0 Å². The topological polar surface area (TPSA) is 35.0 Å². The number of hydrogen-bond acceptors (Lipinski definition) is 3. The minimum atomic E-state index is 0.462. The number of halogens is 1. The molecule has 2 rings (SSSR count). The quantitative estimate of drug-likeness (QED) is 0.759. The molecule has 1 aromatic carbocycles. The Kier molecular flexibility index (Phi) is 4.61. The number of hydrogen-bond donors (Lipinski definition) is 0. The summed E-state index contributed by atoms with van der Waals surface area (Å²) >= 11 is 6.16. The molecule has 0 fully saturated rings. The zero-order chi connectivity index (χ0) is 14.7. The monoisotopic (exact) mass is 290 g/mol. The van der Waals surface area contributed by atoms with Crippen molar-refractivity contribution < 1.29 is 4.74 Å². The third kappa shape index (κ3) is 3.28. The summed E-state index contributed by atoms with van der Waals surface area (Å²) in [6.45, 7) is 8.01. The molecule has 0 aliphatic rings. The van der Waals surface area contributed by atoms with Crippen LogP contribution in [-0.4, -0.2) is 9.97 Å². The molecule has 0 bridgehead atoms.